The fourth-order valence-corrected chi connectivity index (χ4v) is 3.08. The summed E-state index contributed by atoms with van der Waals surface area (Å²) in [6, 6.07) is 25.5. The molecule has 26 heavy (non-hydrogen) atoms. The maximum Gasteiger partial charge on any atom is 0.154 e. The fraction of sp³-hybridized carbons (Fsp3) is 0. The van der Waals surface area contributed by atoms with Crippen molar-refractivity contribution in [3.8, 4) is 22.8 Å². The molecule has 2 heterocycles. The molecule has 5 aromatic rings. The number of para-hydroxylation sites is 1. The number of ether oxygens (including phenoxy) is 1. The summed E-state index contributed by atoms with van der Waals surface area (Å²) in [7, 11) is 0. The average molecular weight is 340 g/mol. The van der Waals surface area contributed by atoms with Crippen molar-refractivity contribution in [2.75, 3.05) is 5.73 Å². The van der Waals surface area contributed by atoms with Gasteiger partial charge in [0, 0.05) is 11.8 Å². The zero-order chi connectivity index (χ0) is 17.5. The zero-order valence-electron chi connectivity index (χ0n) is 13.9. The maximum atomic E-state index is 5.90. The van der Waals surface area contributed by atoms with Gasteiger partial charge in [0.15, 0.2) is 5.65 Å². The SMILES string of the molecule is Nc1ccc2nc3cc(-c4ccc(Oc5ccccc5)cc4)[nH]n3c2c1. The number of hydrogen-bond donors (Lipinski definition) is 2. The third kappa shape index (κ3) is 2.46. The van der Waals surface area contributed by atoms with Gasteiger partial charge in [-0.2, -0.15) is 0 Å². The molecule has 0 fully saturated rings. The second kappa shape index (κ2) is 5.67. The van der Waals surface area contributed by atoms with Crippen LogP contribution >= 0.6 is 0 Å². The van der Waals surface area contributed by atoms with Crippen molar-refractivity contribution < 1.29 is 4.74 Å². The topological polar surface area (TPSA) is 68.3 Å². The molecular weight excluding hydrogens is 324 g/mol. The lowest BCUT2D eigenvalue weighted by molar-refractivity contribution is 0.483. The summed E-state index contributed by atoms with van der Waals surface area (Å²) >= 11 is 0. The van der Waals surface area contributed by atoms with E-state index in [0.29, 0.717) is 0 Å². The average Bonchev–Trinajstić information content (AvgIpc) is 3.22. The van der Waals surface area contributed by atoms with Gasteiger partial charge in [0.25, 0.3) is 0 Å². The van der Waals surface area contributed by atoms with Gasteiger partial charge in [-0.15, -0.1) is 0 Å². The number of aromatic nitrogens is 3. The van der Waals surface area contributed by atoms with E-state index in [9.17, 15) is 0 Å². The summed E-state index contributed by atoms with van der Waals surface area (Å²) in [5, 5.41) is 3.39. The molecular formula is C21H16N4O. The molecule has 0 amide bonds. The van der Waals surface area contributed by atoms with E-state index < -0.39 is 0 Å². The Labute approximate surface area is 149 Å². The normalized spacial score (nSPS) is 11.2. The number of H-pyrrole nitrogens is 1. The van der Waals surface area contributed by atoms with Crippen LogP contribution in [0.2, 0.25) is 0 Å². The Bertz CT molecular complexity index is 1200. The predicted octanol–water partition coefficient (Wildman–Crippen LogP) is 4.86. The van der Waals surface area contributed by atoms with Crippen molar-refractivity contribution >= 4 is 22.4 Å². The Morgan fingerprint density at radius 3 is 2.42 bits per heavy atom. The zero-order valence-corrected chi connectivity index (χ0v) is 13.9. The van der Waals surface area contributed by atoms with Crippen molar-refractivity contribution in [2.45, 2.75) is 0 Å². The third-order valence-corrected chi connectivity index (χ3v) is 4.35. The van der Waals surface area contributed by atoms with Crippen LogP contribution in [-0.4, -0.2) is 14.6 Å². The van der Waals surface area contributed by atoms with Crippen molar-refractivity contribution in [3.05, 3.63) is 78.9 Å². The first-order valence-corrected chi connectivity index (χ1v) is 8.36. The first-order chi connectivity index (χ1) is 12.8. The van der Waals surface area contributed by atoms with Gasteiger partial charge in [-0.05, 0) is 60.2 Å². The maximum absolute atomic E-state index is 5.90. The van der Waals surface area contributed by atoms with Crippen LogP contribution in [0, 0.1) is 0 Å². The Hall–Kier alpha value is -3.73. The number of nitrogens with zero attached hydrogens (tertiary/aromatic N) is 2. The highest BCUT2D eigenvalue weighted by molar-refractivity contribution is 5.84. The molecule has 0 aliphatic heterocycles. The van der Waals surface area contributed by atoms with Gasteiger partial charge in [-0.3, -0.25) is 5.10 Å². The molecule has 0 spiro atoms. The quantitative estimate of drug-likeness (QED) is 0.461. The van der Waals surface area contributed by atoms with Crippen LogP contribution < -0.4 is 10.5 Å². The number of anilines is 1. The van der Waals surface area contributed by atoms with E-state index >= 15 is 0 Å². The van der Waals surface area contributed by atoms with Crippen LogP contribution in [0.3, 0.4) is 0 Å². The predicted molar refractivity (Wildman–Crippen MR) is 103 cm³/mol. The van der Waals surface area contributed by atoms with Crippen molar-refractivity contribution in [1.29, 1.82) is 0 Å². The molecule has 0 aliphatic carbocycles. The minimum atomic E-state index is 0.720. The van der Waals surface area contributed by atoms with E-state index in [4.69, 9.17) is 10.5 Å². The Morgan fingerprint density at radius 2 is 1.62 bits per heavy atom. The molecule has 3 N–H and O–H groups in total. The van der Waals surface area contributed by atoms with Crippen LogP contribution in [0.1, 0.15) is 0 Å². The fourth-order valence-electron chi connectivity index (χ4n) is 3.08. The van der Waals surface area contributed by atoms with E-state index in [0.717, 1.165) is 45.1 Å². The number of rotatable bonds is 3. The molecule has 3 aromatic carbocycles. The molecule has 5 heteroatoms. The molecule has 0 radical (unpaired) electrons. The number of aromatic amines is 1. The first kappa shape index (κ1) is 14.6. The summed E-state index contributed by atoms with van der Waals surface area (Å²) in [6.45, 7) is 0. The number of nitrogens with one attached hydrogen (secondary N) is 1. The molecule has 2 aromatic heterocycles. The lowest BCUT2D eigenvalue weighted by atomic mass is 10.1. The van der Waals surface area contributed by atoms with Gasteiger partial charge >= 0.3 is 0 Å². The van der Waals surface area contributed by atoms with E-state index in [1.165, 1.54) is 0 Å². The molecule has 0 unspecified atom stereocenters. The molecule has 0 bridgehead atoms. The van der Waals surface area contributed by atoms with Crippen LogP contribution in [0.15, 0.2) is 78.9 Å². The van der Waals surface area contributed by atoms with Gasteiger partial charge in [-0.1, -0.05) is 18.2 Å². The van der Waals surface area contributed by atoms with Gasteiger partial charge < -0.3 is 10.5 Å². The Kier molecular flexibility index (Phi) is 3.18. The van der Waals surface area contributed by atoms with Crippen molar-refractivity contribution in [2.24, 2.45) is 0 Å². The third-order valence-electron chi connectivity index (χ3n) is 4.35. The lowest BCUT2D eigenvalue weighted by Crippen LogP contribution is -1.88. The summed E-state index contributed by atoms with van der Waals surface area (Å²) in [6.07, 6.45) is 0. The van der Waals surface area contributed by atoms with Gasteiger partial charge in [0.2, 0.25) is 0 Å². The summed E-state index contributed by atoms with van der Waals surface area (Å²) in [5.74, 6) is 1.62. The van der Waals surface area contributed by atoms with Gasteiger partial charge in [-0.25, -0.2) is 9.50 Å². The minimum Gasteiger partial charge on any atom is -0.457 e. The van der Waals surface area contributed by atoms with Crippen LogP contribution in [0.25, 0.3) is 27.9 Å². The second-order valence-electron chi connectivity index (χ2n) is 6.16. The molecule has 126 valence electrons. The van der Waals surface area contributed by atoms with E-state index in [2.05, 4.69) is 10.1 Å². The first-order valence-electron chi connectivity index (χ1n) is 8.36. The largest absolute Gasteiger partial charge is 0.457 e. The van der Waals surface area contributed by atoms with Crippen LogP contribution in [0.5, 0.6) is 11.5 Å². The second-order valence-corrected chi connectivity index (χ2v) is 6.16. The highest BCUT2D eigenvalue weighted by Crippen LogP contribution is 2.27. The van der Waals surface area contributed by atoms with Crippen LogP contribution in [0.4, 0.5) is 5.69 Å². The molecule has 0 atom stereocenters. The number of nitrogen functional groups attached to an aromatic ring is 1. The molecule has 5 nitrogen and oxygen atoms in total. The summed E-state index contributed by atoms with van der Waals surface area (Å²) in [5.41, 5.74) is 11.4. The highest BCUT2D eigenvalue weighted by Gasteiger charge is 2.10. The summed E-state index contributed by atoms with van der Waals surface area (Å²) in [4.78, 5) is 4.63. The number of benzene rings is 3. The number of fused-ring (bicyclic) bond motifs is 3. The van der Waals surface area contributed by atoms with Crippen molar-refractivity contribution in [3.63, 3.8) is 0 Å². The number of hydrogen-bond acceptors (Lipinski definition) is 3. The Balaban J connectivity index is 1.48. The summed E-state index contributed by atoms with van der Waals surface area (Å²) < 4.78 is 7.80. The molecule has 5 rings (SSSR count). The highest BCUT2D eigenvalue weighted by atomic mass is 16.5. The van der Waals surface area contributed by atoms with Crippen molar-refractivity contribution in [1.82, 2.24) is 14.6 Å². The number of imidazole rings is 1. The van der Waals surface area contributed by atoms with E-state index in [1.54, 1.807) is 0 Å². The minimum absolute atomic E-state index is 0.720. The standard InChI is InChI=1S/C21H16N4O/c22-15-8-11-18-20(12-15)25-21(23-18)13-19(24-25)14-6-9-17(10-7-14)26-16-4-2-1-3-5-16/h1-13,24H,22H2. The smallest absolute Gasteiger partial charge is 0.154 e. The number of nitrogens with two attached hydrogens (primary N) is 1. The molecule has 0 saturated carbocycles. The van der Waals surface area contributed by atoms with E-state index in [-0.39, 0.29) is 0 Å². The van der Waals surface area contributed by atoms with Gasteiger partial charge in [0.1, 0.15) is 11.5 Å². The van der Waals surface area contributed by atoms with E-state index in [1.807, 2.05) is 83.4 Å². The molecule has 0 saturated heterocycles. The van der Waals surface area contributed by atoms with Gasteiger partial charge in [0.05, 0.1) is 16.7 Å². The van der Waals surface area contributed by atoms with Crippen LogP contribution in [-0.2, 0) is 0 Å². The monoisotopic (exact) mass is 340 g/mol. The Morgan fingerprint density at radius 1 is 0.846 bits per heavy atom. The molecule has 0 aliphatic rings. The lowest BCUT2D eigenvalue weighted by Gasteiger charge is -2.06.